The second kappa shape index (κ2) is 9.22. The van der Waals surface area contributed by atoms with Crippen LogP contribution in [0.2, 0.25) is 0 Å². The summed E-state index contributed by atoms with van der Waals surface area (Å²) in [4.78, 5) is 25.1. The van der Waals surface area contributed by atoms with E-state index in [0.717, 1.165) is 11.8 Å². The summed E-state index contributed by atoms with van der Waals surface area (Å²) in [5, 5.41) is 9.09. The fourth-order valence-electron chi connectivity index (χ4n) is 4.94. The molecule has 0 unspecified atom stereocenters. The molecule has 3 heterocycles. The van der Waals surface area contributed by atoms with E-state index < -0.39 is 17.3 Å². The Morgan fingerprint density at radius 3 is 2.74 bits per heavy atom. The smallest absolute Gasteiger partial charge is 0.381 e. The number of aryl methyl sites for hydroxylation is 1. The summed E-state index contributed by atoms with van der Waals surface area (Å²) < 4.78 is 46.2. The van der Waals surface area contributed by atoms with Gasteiger partial charge in [0.2, 0.25) is 0 Å². The van der Waals surface area contributed by atoms with Gasteiger partial charge in [-0.3, -0.25) is 9.78 Å². The predicted molar refractivity (Wildman–Crippen MR) is 118 cm³/mol. The number of piperidine rings is 1. The Labute approximate surface area is 196 Å². The van der Waals surface area contributed by atoms with Gasteiger partial charge in [0.25, 0.3) is 5.91 Å². The van der Waals surface area contributed by atoms with E-state index in [1.165, 1.54) is 12.3 Å². The van der Waals surface area contributed by atoms with E-state index in [-0.39, 0.29) is 22.9 Å². The number of carbonyl (C=O) groups excluding carboxylic acids is 1. The van der Waals surface area contributed by atoms with E-state index in [9.17, 15) is 18.0 Å². The van der Waals surface area contributed by atoms with Crippen LogP contribution in [0, 0.1) is 29.6 Å². The van der Waals surface area contributed by atoms with Crippen LogP contribution in [0.25, 0.3) is 0 Å². The molecular formula is C24H26F3N5O2. The van der Waals surface area contributed by atoms with Crippen LogP contribution < -0.4 is 4.90 Å². The van der Waals surface area contributed by atoms with Crippen molar-refractivity contribution in [2.24, 2.45) is 11.3 Å². The van der Waals surface area contributed by atoms with E-state index in [1.807, 2.05) is 11.8 Å². The van der Waals surface area contributed by atoms with Crippen LogP contribution in [-0.2, 0) is 10.9 Å². The van der Waals surface area contributed by atoms with Crippen molar-refractivity contribution in [1.29, 1.82) is 5.26 Å². The topological polar surface area (TPSA) is 82.4 Å². The van der Waals surface area contributed by atoms with Gasteiger partial charge in [-0.15, -0.1) is 0 Å². The maximum atomic E-state index is 13.5. The number of hydrogen-bond donors (Lipinski definition) is 0. The van der Waals surface area contributed by atoms with Crippen LogP contribution in [0.1, 0.15) is 40.7 Å². The van der Waals surface area contributed by atoms with Crippen LogP contribution >= 0.6 is 0 Å². The molecular weight excluding hydrogens is 447 g/mol. The molecule has 2 aromatic rings. The monoisotopic (exact) mass is 473 g/mol. The highest BCUT2D eigenvalue weighted by molar-refractivity contribution is 5.92. The van der Waals surface area contributed by atoms with Crippen LogP contribution in [0.3, 0.4) is 0 Å². The second-order valence-corrected chi connectivity index (χ2v) is 8.96. The minimum absolute atomic E-state index is 0.0140. The first-order valence-corrected chi connectivity index (χ1v) is 11.2. The molecule has 2 saturated heterocycles. The first-order valence-electron chi connectivity index (χ1n) is 11.2. The molecule has 1 aromatic carbocycles. The van der Waals surface area contributed by atoms with Crippen molar-refractivity contribution in [3.05, 3.63) is 53.1 Å². The number of benzene rings is 1. The molecule has 180 valence electrons. The molecule has 4 rings (SSSR count). The molecule has 1 amide bonds. The lowest BCUT2D eigenvalue weighted by Gasteiger charge is -2.44. The van der Waals surface area contributed by atoms with Gasteiger partial charge in [-0.25, -0.2) is 4.98 Å². The molecule has 2 fully saturated rings. The number of nitriles is 1. The molecule has 1 aromatic heterocycles. The Morgan fingerprint density at radius 2 is 2.09 bits per heavy atom. The van der Waals surface area contributed by atoms with Crippen LogP contribution in [0.15, 0.2) is 30.6 Å². The van der Waals surface area contributed by atoms with Gasteiger partial charge >= 0.3 is 6.18 Å². The van der Waals surface area contributed by atoms with Crippen LogP contribution in [-0.4, -0.2) is 60.2 Å². The van der Waals surface area contributed by atoms with Crippen molar-refractivity contribution in [1.82, 2.24) is 14.9 Å². The zero-order valence-corrected chi connectivity index (χ0v) is 19.1. The highest BCUT2D eigenvalue weighted by Crippen LogP contribution is 2.45. The summed E-state index contributed by atoms with van der Waals surface area (Å²) in [6, 6.07) is 5.46. The average Bonchev–Trinajstić information content (AvgIpc) is 3.21. The van der Waals surface area contributed by atoms with Crippen molar-refractivity contribution >= 4 is 11.6 Å². The Kier molecular flexibility index (Phi) is 6.49. The number of aromatic nitrogens is 2. The lowest BCUT2D eigenvalue weighted by molar-refractivity contribution is -0.137. The zero-order chi connectivity index (χ0) is 24.5. The first kappa shape index (κ1) is 24.0. The van der Waals surface area contributed by atoms with Gasteiger partial charge in [-0.2, -0.15) is 18.4 Å². The number of carbonyl (C=O) groups is 1. The number of alkyl halides is 3. The summed E-state index contributed by atoms with van der Waals surface area (Å²) in [6.07, 6.45) is -0.919. The third-order valence-corrected chi connectivity index (χ3v) is 6.81. The quantitative estimate of drug-likeness (QED) is 0.659. The summed E-state index contributed by atoms with van der Waals surface area (Å²) in [5.41, 5.74) is -0.189. The fraction of sp³-hybridized carbons (Fsp3) is 0.500. The number of amides is 1. The Balaban J connectivity index is 1.58. The molecule has 0 saturated carbocycles. The van der Waals surface area contributed by atoms with E-state index >= 15 is 0 Å². The Hall–Kier alpha value is -3.19. The number of fused-ring (bicyclic) bond motifs is 1. The largest absolute Gasteiger partial charge is 0.417 e. The SMILES string of the molecule is CCOC[C@@]12CCN(c3ccc(C#N)c(C(F)(F)F)c3)C[C@@H]1CN(C(=O)c1cnc(C)cn1)C2. The van der Waals surface area contributed by atoms with E-state index in [2.05, 4.69) is 9.97 Å². The molecule has 0 radical (unpaired) electrons. The van der Waals surface area contributed by atoms with Gasteiger partial charge in [0.1, 0.15) is 5.69 Å². The van der Waals surface area contributed by atoms with Crippen molar-refractivity contribution in [2.75, 3.05) is 44.3 Å². The maximum Gasteiger partial charge on any atom is 0.417 e. The molecule has 0 aliphatic carbocycles. The molecule has 10 heteroatoms. The van der Waals surface area contributed by atoms with Gasteiger partial charge < -0.3 is 14.5 Å². The zero-order valence-electron chi connectivity index (χ0n) is 19.1. The fourth-order valence-corrected chi connectivity index (χ4v) is 4.94. The number of ether oxygens (including phenoxy) is 1. The van der Waals surface area contributed by atoms with E-state index in [4.69, 9.17) is 10.00 Å². The maximum absolute atomic E-state index is 13.5. The number of likely N-dealkylation sites (tertiary alicyclic amines) is 1. The third-order valence-electron chi connectivity index (χ3n) is 6.81. The molecule has 7 nitrogen and oxygen atoms in total. The van der Waals surface area contributed by atoms with E-state index in [1.54, 1.807) is 30.2 Å². The molecule has 0 spiro atoms. The Bertz CT molecular complexity index is 1100. The minimum Gasteiger partial charge on any atom is -0.381 e. The number of rotatable bonds is 5. The molecule has 0 N–H and O–H groups in total. The van der Waals surface area contributed by atoms with Crippen molar-refractivity contribution in [3.8, 4) is 6.07 Å². The van der Waals surface area contributed by atoms with Gasteiger partial charge in [0, 0.05) is 56.0 Å². The predicted octanol–water partition coefficient (Wildman–Crippen LogP) is 3.68. The minimum atomic E-state index is -4.61. The van der Waals surface area contributed by atoms with E-state index in [0.29, 0.717) is 51.5 Å². The lowest BCUT2D eigenvalue weighted by atomic mass is 9.73. The lowest BCUT2D eigenvalue weighted by Crippen LogP contribution is -2.49. The van der Waals surface area contributed by atoms with Gasteiger partial charge in [0.05, 0.1) is 35.7 Å². The normalized spacial score (nSPS) is 22.4. The van der Waals surface area contributed by atoms with Gasteiger partial charge in [-0.05, 0) is 38.5 Å². The number of halogens is 3. The van der Waals surface area contributed by atoms with Crippen molar-refractivity contribution < 1.29 is 22.7 Å². The highest BCUT2D eigenvalue weighted by atomic mass is 19.4. The Morgan fingerprint density at radius 1 is 1.29 bits per heavy atom. The second-order valence-electron chi connectivity index (χ2n) is 8.96. The number of hydrogen-bond acceptors (Lipinski definition) is 6. The van der Waals surface area contributed by atoms with Gasteiger partial charge in [0.15, 0.2) is 0 Å². The molecule has 0 bridgehead atoms. The summed E-state index contributed by atoms with van der Waals surface area (Å²) in [6.45, 7) is 6.70. The summed E-state index contributed by atoms with van der Waals surface area (Å²) >= 11 is 0. The summed E-state index contributed by atoms with van der Waals surface area (Å²) in [7, 11) is 0. The standard InChI is InChI=1S/C24H26F3N5O2/c1-3-34-15-23-6-7-31(19-5-4-17(9-28)20(8-19)24(25,26)27)12-18(23)13-32(14-23)22(33)21-11-29-16(2)10-30-21/h4-5,8,10-11,18H,3,6-7,12-15H2,1-2H3/t18-,23+/m1/s1. The van der Waals surface area contributed by atoms with Crippen molar-refractivity contribution in [3.63, 3.8) is 0 Å². The highest BCUT2D eigenvalue weighted by Gasteiger charge is 2.51. The molecule has 2 atom stereocenters. The van der Waals surface area contributed by atoms with Crippen molar-refractivity contribution in [2.45, 2.75) is 26.4 Å². The number of nitrogens with zero attached hydrogens (tertiary/aromatic N) is 5. The van der Waals surface area contributed by atoms with Crippen LogP contribution in [0.4, 0.5) is 18.9 Å². The number of anilines is 1. The van der Waals surface area contributed by atoms with Gasteiger partial charge in [-0.1, -0.05) is 0 Å². The average molecular weight is 473 g/mol. The summed E-state index contributed by atoms with van der Waals surface area (Å²) in [5.74, 6) is -0.192. The molecule has 2 aliphatic rings. The third kappa shape index (κ3) is 4.57. The first-order chi connectivity index (χ1) is 16.2. The molecule has 34 heavy (non-hydrogen) atoms. The van der Waals surface area contributed by atoms with Crippen LogP contribution in [0.5, 0.6) is 0 Å². The molecule has 2 aliphatic heterocycles.